The largest absolute Gasteiger partial charge is 0.308 e. The van der Waals surface area contributed by atoms with Gasteiger partial charge in [0.15, 0.2) is 4.90 Å². The number of hydrogen-bond acceptors (Lipinski definition) is 5. The Bertz CT molecular complexity index is 577. The molecule has 0 amide bonds. The van der Waals surface area contributed by atoms with Crippen LogP contribution in [0.25, 0.3) is 0 Å². The minimum atomic E-state index is -4.49. The van der Waals surface area contributed by atoms with Crippen molar-refractivity contribution in [2.24, 2.45) is 5.14 Å². The second-order valence-corrected chi connectivity index (χ2v) is 5.35. The molecule has 94 valence electrons. The molecule has 0 spiro atoms. The fourth-order valence-electron chi connectivity index (χ4n) is 1.03. The molecule has 2 N–H and O–H groups in total. The number of hydrogen-bond donors (Lipinski definition) is 1. The van der Waals surface area contributed by atoms with Crippen LogP contribution in [0.15, 0.2) is 11.1 Å². The number of nitrogens with zero attached hydrogens (tertiary/aromatic N) is 2. The van der Waals surface area contributed by atoms with E-state index < -0.39 is 41.2 Å². The van der Waals surface area contributed by atoms with Crippen LogP contribution < -0.4 is 5.14 Å². The first-order chi connectivity index (χ1) is 7.66. The van der Waals surface area contributed by atoms with Crippen molar-refractivity contribution in [1.82, 2.24) is 4.98 Å². The standard InChI is InChI=1S/C6H4F2IN3O4S/c7-6(8)4-3(9)5(17(10,15)16)2(1-11-4)12(13)14/h1,6H,(H2,10,15,16). The molecule has 1 aromatic heterocycles. The molecule has 1 rings (SSSR count). The van der Waals surface area contributed by atoms with Gasteiger partial charge in [0.1, 0.15) is 11.9 Å². The van der Waals surface area contributed by atoms with Crippen LogP contribution in [-0.2, 0) is 10.0 Å². The number of halogens is 3. The highest BCUT2D eigenvalue weighted by atomic mass is 127. The van der Waals surface area contributed by atoms with Crippen LogP contribution in [0.1, 0.15) is 12.1 Å². The van der Waals surface area contributed by atoms with Crippen molar-refractivity contribution in [2.45, 2.75) is 11.3 Å². The van der Waals surface area contributed by atoms with E-state index in [-0.39, 0.29) is 0 Å². The summed E-state index contributed by atoms with van der Waals surface area (Å²) in [4.78, 5) is 11.7. The van der Waals surface area contributed by atoms with Gasteiger partial charge in [0.25, 0.3) is 6.43 Å². The van der Waals surface area contributed by atoms with E-state index in [4.69, 9.17) is 5.14 Å². The maximum absolute atomic E-state index is 12.5. The van der Waals surface area contributed by atoms with Crippen LogP contribution >= 0.6 is 22.6 Å². The van der Waals surface area contributed by atoms with Gasteiger partial charge in [-0.1, -0.05) is 0 Å². The molecule has 1 aromatic rings. The lowest BCUT2D eigenvalue weighted by Gasteiger charge is -2.07. The van der Waals surface area contributed by atoms with Gasteiger partial charge in [0, 0.05) is 0 Å². The number of rotatable bonds is 3. The molecule has 0 aliphatic carbocycles. The molecule has 0 radical (unpaired) electrons. The lowest BCUT2D eigenvalue weighted by molar-refractivity contribution is -0.388. The maximum Gasteiger partial charge on any atom is 0.308 e. The molecule has 7 nitrogen and oxygen atoms in total. The van der Waals surface area contributed by atoms with Gasteiger partial charge in [-0.25, -0.2) is 27.3 Å². The topological polar surface area (TPSA) is 116 Å². The number of sulfonamides is 1. The molecule has 0 aliphatic rings. The first-order valence-corrected chi connectivity index (χ1v) is 6.42. The molecule has 0 aromatic carbocycles. The number of aromatic nitrogens is 1. The van der Waals surface area contributed by atoms with E-state index in [1.165, 1.54) is 22.6 Å². The molecule has 1 heterocycles. The summed E-state index contributed by atoms with van der Waals surface area (Å²) < 4.78 is 46.7. The minimum absolute atomic E-state index is 0.448. The number of primary sulfonamides is 1. The summed E-state index contributed by atoms with van der Waals surface area (Å²) in [6, 6.07) is 0. The Labute approximate surface area is 107 Å². The molecular weight excluding hydrogens is 375 g/mol. The van der Waals surface area contributed by atoms with E-state index in [1.807, 2.05) is 0 Å². The number of nitro groups is 1. The summed E-state index contributed by atoms with van der Waals surface area (Å²) in [7, 11) is -4.49. The van der Waals surface area contributed by atoms with Gasteiger partial charge in [0.05, 0.1) is 8.49 Å². The molecule has 0 aliphatic heterocycles. The normalized spacial score (nSPS) is 11.8. The molecule has 0 unspecified atom stereocenters. The fraction of sp³-hybridized carbons (Fsp3) is 0.167. The van der Waals surface area contributed by atoms with E-state index >= 15 is 0 Å². The zero-order valence-corrected chi connectivity index (χ0v) is 10.8. The van der Waals surface area contributed by atoms with Crippen molar-refractivity contribution >= 4 is 38.3 Å². The highest BCUT2D eigenvalue weighted by molar-refractivity contribution is 14.1. The Kier molecular flexibility index (Phi) is 3.93. The SMILES string of the molecule is NS(=O)(=O)c1c([N+](=O)[O-])cnc(C(F)F)c1I. The first-order valence-electron chi connectivity index (χ1n) is 3.80. The Morgan fingerprint density at radius 3 is 2.41 bits per heavy atom. The summed E-state index contributed by atoms with van der Waals surface area (Å²) in [5, 5.41) is 15.3. The molecule has 17 heavy (non-hydrogen) atoms. The van der Waals surface area contributed by atoms with Crippen LogP contribution in [0.5, 0.6) is 0 Å². The van der Waals surface area contributed by atoms with Crippen molar-refractivity contribution in [3.63, 3.8) is 0 Å². The second kappa shape index (κ2) is 4.73. The molecule has 0 bridgehead atoms. The van der Waals surface area contributed by atoms with E-state index in [1.54, 1.807) is 0 Å². The highest BCUT2D eigenvalue weighted by Crippen LogP contribution is 2.32. The third-order valence-corrected chi connectivity index (χ3v) is 4.11. The second-order valence-electron chi connectivity index (χ2n) is 2.77. The lowest BCUT2D eigenvalue weighted by atomic mass is 10.3. The summed E-state index contributed by atoms with van der Waals surface area (Å²) in [5.74, 6) is 0. The van der Waals surface area contributed by atoms with Crippen molar-refractivity contribution in [2.75, 3.05) is 0 Å². The van der Waals surface area contributed by atoms with Crippen LogP contribution in [0.3, 0.4) is 0 Å². The van der Waals surface area contributed by atoms with Crippen LogP contribution in [-0.4, -0.2) is 18.3 Å². The van der Waals surface area contributed by atoms with Gasteiger partial charge in [-0.3, -0.25) is 10.1 Å². The molecule has 11 heteroatoms. The predicted molar refractivity (Wildman–Crippen MR) is 59.9 cm³/mol. The summed E-state index contributed by atoms with van der Waals surface area (Å²) in [6.07, 6.45) is -2.60. The average molecular weight is 379 g/mol. The van der Waals surface area contributed by atoms with Crippen molar-refractivity contribution < 1.29 is 22.1 Å². The van der Waals surface area contributed by atoms with Crippen LogP contribution in [0.4, 0.5) is 14.5 Å². The van der Waals surface area contributed by atoms with Crippen LogP contribution in [0, 0.1) is 13.7 Å². The van der Waals surface area contributed by atoms with Gasteiger partial charge < -0.3 is 0 Å². The van der Waals surface area contributed by atoms with E-state index in [2.05, 4.69) is 4.98 Å². The molecule has 0 fully saturated rings. The lowest BCUT2D eigenvalue weighted by Crippen LogP contribution is -2.17. The van der Waals surface area contributed by atoms with Gasteiger partial charge >= 0.3 is 5.69 Å². The van der Waals surface area contributed by atoms with Crippen molar-refractivity contribution in [3.05, 3.63) is 25.6 Å². The van der Waals surface area contributed by atoms with Gasteiger partial charge in [-0.05, 0) is 22.6 Å². The smallest absolute Gasteiger partial charge is 0.258 e. The fourth-order valence-corrected chi connectivity index (χ4v) is 3.37. The van der Waals surface area contributed by atoms with Gasteiger partial charge in [-0.2, -0.15) is 0 Å². The van der Waals surface area contributed by atoms with Crippen LogP contribution in [0.2, 0.25) is 0 Å². The highest BCUT2D eigenvalue weighted by Gasteiger charge is 2.31. The number of nitrogens with two attached hydrogens (primary N) is 1. The quantitative estimate of drug-likeness (QED) is 0.481. The van der Waals surface area contributed by atoms with E-state index in [9.17, 15) is 27.3 Å². The van der Waals surface area contributed by atoms with Crippen molar-refractivity contribution in [3.8, 4) is 0 Å². The number of pyridine rings is 1. The third-order valence-electron chi connectivity index (χ3n) is 1.67. The summed E-state index contributed by atoms with van der Waals surface area (Å²) >= 11 is 1.23. The predicted octanol–water partition coefficient (Wildman–Crippen LogP) is 1.18. The monoisotopic (exact) mass is 379 g/mol. The van der Waals surface area contributed by atoms with Gasteiger partial charge in [0.2, 0.25) is 10.0 Å². The third kappa shape index (κ3) is 2.84. The Morgan fingerprint density at radius 1 is 1.53 bits per heavy atom. The van der Waals surface area contributed by atoms with E-state index in [0.29, 0.717) is 6.20 Å². The Balaban J connectivity index is 3.72. The maximum atomic E-state index is 12.5. The average Bonchev–Trinajstić information content (AvgIpc) is 2.14. The van der Waals surface area contributed by atoms with Gasteiger partial charge in [-0.15, -0.1) is 0 Å². The zero-order chi connectivity index (χ0) is 13.4. The summed E-state index contributed by atoms with van der Waals surface area (Å²) in [6.45, 7) is 0. The molecular formula is C6H4F2IN3O4S. The van der Waals surface area contributed by atoms with E-state index in [0.717, 1.165) is 0 Å². The Hall–Kier alpha value is -0.950. The Morgan fingerprint density at radius 2 is 2.06 bits per heavy atom. The number of alkyl halides is 2. The minimum Gasteiger partial charge on any atom is -0.258 e. The summed E-state index contributed by atoms with van der Waals surface area (Å²) in [5.41, 5.74) is -1.79. The first kappa shape index (κ1) is 14.1. The molecule has 0 saturated carbocycles. The zero-order valence-electron chi connectivity index (χ0n) is 7.80. The van der Waals surface area contributed by atoms with Crippen molar-refractivity contribution in [1.29, 1.82) is 0 Å². The molecule has 0 atom stereocenters. The molecule has 0 saturated heterocycles.